The lowest BCUT2D eigenvalue weighted by Gasteiger charge is -2.08. The maximum Gasteiger partial charge on any atom is 0.0314 e. The lowest BCUT2D eigenvalue weighted by Crippen LogP contribution is -2.00. The molecule has 0 radical (unpaired) electrons. The van der Waals surface area contributed by atoms with Gasteiger partial charge < -0.3 is 4.57 Å². The summed E-state index contributed by atoms with van der Waals surface area (Å²) < 4.78 is 2.60. The van der Waals surface area contributed by atoms with Crippen molar-refractivity contribution in [3.8, 4) is 0 Å². The molecule has 0 saturated carbocycles. The van der Waals surface area contributed by atoms with Crippen LogP contribution in [-0.2, 0) is 6.42 Å². The second kappa shape index (κ2) is 2.88. The van der Waals surface area contributed by atoms with E-state index < -0.39 is 0 Å². The molecule has 1 unspecified atom stereocenters. The number of hydrogen-bond acceptors (Lipinski definition) is 0. The minimum absolute atomic E-state index is 0.752. The second-order valence-corrected chi connectivity index (χ2v) is 5.09. The van der Waals surface area contributed by atoms with E-state index in [1.54, 1.807) is 11.3 Å². The molecule has 2 heterocycles. The molecule has 14 heavy (non-hydrogen) atoms. The molecule has 0 amide bonds. The van der Waals surface area contributed by atoms with Gasteiger partial charge in [0.2, 0.25) is 0 Å². The molecule has 1 aliphatic carbocycles. The minimum atomic E-state index is 0.752. The van der Waals surface area contributed by atoms with Crippen LogP contribution < -0.4 is 0 Å². The van der Waals surface area contributed by atoms with E-state index >= 15 is 0 Å². The molecule has 0 saturated heterocycles. The zero-order chi connectivity index (χ0) is 9.71. The number of hydrogen-bond donors (Lipinski definition) is 0. The maximum atomic E-state index is 2.60. The third-order valence-corrected chi connectivity index (χ3v) is 4.05. The van der Waals surface area contributed by atoms with Crippen LogP contribution in [0.3, 0.4) is 0 Å². The molecule has 1 aromatic rings. The van der Waals surface area contributed by atoms with E-state index in [-0.39, 0.29) is 0 Å². The van der Waals surface area contributed by atoms with E-state index in [2.05, 4.69) is 24.5 Å². The summed E-state index contributed by atoms with van der Waals surface area (Å²) in [5.74, 6) is 0.885. The predicted octanol–water partition coefficient (Wildman–Crippen LogP) is 3.57. The summed E-state index contributed by atoms with van der Waals surface area (Å²) >= 11 is 0. The van der Waals surface area contributed by atoms with Gasteiger partial charge in [0.15, 0.2) is 0 Å². The average Bonchev–Trinajstić information content (AvgIpc) is 2.56. The van der Waals surface area contributed by atoms with Gasteiger partial charge in [0.1, 0.15) is 0 Å². The van der Waals surface area contributed by atoms with Crippen LogP contribution >= 0.6 is 0 Å². The van der Waals surface area contributed by atoms with Crippen LogP contribution in [0.1, 0.15) is 61.5 Å². The second-order valence-electron chi connectivity index (χ2n) is 5.09. The molecular weight excluding hydrogens is 170 g/mol. The fourth-order valence-electron chi connectivity index (χ4n) is 3.57. The molecule has 1 aliphatic heterocycles. The Kier molecular flexibility index (Phi) is 1.77. The SMILES string of the molecule is Cc1cc2c3n1C(C)C[C@H]3CCCC2. The van der Waals surface area contributed by atoms with Gasteiger partial charge >= 0.3 is 0 Å². The van der Waals surface area contributed by atoms with Crippen LogP contribution in [-0.4, -0.2) is 4.57 Å². The molecule has 2 atom stereocenters. The summed E-state index contributed by atoms with van der Waals surface area (Å²) in [6.07, 6.45) is 6.99. The summed E-state index contributed by atoms with van der Waals surface area (Å²) in [6.45, 7) is 4.65. The fourth-order valence-corrected chi connectivity index (χ4v) is 3.57. The Hall–Kier alpha value is -0.720. The molecule has 0 bridgehead atoms. The quantitative estimate of drug-likeness (QED) is 0.588. The Morgan fingerprint density at radius 2 is 2.21 bits per heavy atom. The van der Waals surface area contributed by atoms with Gasteiger partial charge in [0.25, 0.3) is 0 Å². The van der Waals surface area contributed by atoms with Gasteiger partial charge in [0.05, 0.1) is 0 Å². The van der Waals surface area contributed by atoms with Crippen molar-refractivity contribution in [2.75, 3.05) is 0 Å². The Morgan fingerprint density at radius 3 is 3.07 bits per heavy atom. The first-order chi connectivity index (χ1) is 6.77. The van der Waals surface area contributed by atoms with Crippen molar-refractivity contribution in [2.45, 2.75) is 57.9 Å². The molecule has 0 spiro atoms. The summed E-state index contributed by atoms with van der Waals surface area (Å²) in [5, 5.41) is 0. The Bertz CT molecular complexity index is 362. The minimum Gasteiger partial charge on any atom is -0.346 e. The Morgan fingerprint density at radius 1 is 1.36 bits per heavy atom. The van der Waals surface area contributed by atoms with Crippen LogP contribution in [0.4, 0.5) is 0 Å². The van der Waals surface area contributed by atoms with Gasteiger partial charge in [-0.25, -0.2) is 0 Å². The van der Waals surface area contributed by atoms with E-state index in [0.717, 1.165) is 12.0 Å². The summed E-state index contributed by atoms with van der Waals surface area (Å²) in [6, 6.07) is 3.19. The van der Waals surface area contributed by atoms with Gasteiger partial charge in [-0.05, 0) is 51.2 Å². The first-order valence-corrected chi connectivity index (χ1v) is 5.98. The van der Waals surface area contributed by atoms with Crippen LogP contribution in [0.25, 0.3) is 0 Å². The van der Waals surface area contributed by atoms with Crippen molar-refractivity contribution in [3.63, 3.8) is 0 Å². The fraction of sp³-hybridized carbons (Fsp3) is 0.692. The van der Waals surface area contributed by atoms with Gasteiger partial charge in [-0.15, -0.1) is 0 Å². The van der Waals surface area contributed by atoms with Crippen molar-refractivity contribution in [1.82, 2.24) is 4.57 Å². The highest BCUT2D eigenvalue weighted by molar-refractivity contribution is 5.35. The third-order valence-electron chi connectivity index (χ3n) is 4.05. The largest absolute Gasteiger partial charge is 0.346 e. The van der Waals surface area contributed by atoms with Crippen molar-refractivity contribution < 1.29 is 0 Å². The van der Waals surface area contributed by atoms with Crippen LogP contribution in [0, 0.1) is 6.92 Å². The van der Waals surface area contributed by atoms with Gasteiger partial charge in [-0.2, -0.15) is 0 Å². The van der Waals surface area contributed by atoms with Gasteiger partial charge in [-0.3, -0.25) is 0 Å². The monoisotopic (exact) mass is 189 g/mol. The third kappa shape index (κ3) is 1.01. The molecule has 1 heteroatoms. The van der Waals surface area contributed by atoms with Crippen LogP contribution in [0.5, 0.6) is 0 Å². The molecule has 1 aromatic heterocycles. The molecular formula is C13H19N. The molecule has 1 nitrogen and oxygen atoms in total. The van der Waals surface area contributed by atoms with Crippen molar-refractivity contribution in [2.24, 2.45) is 0 Å². The number of aryl methyl sites for hydroxylation is 2. The summed E-state index contributed by atoms with van der Waals surface area (Å²) in [7, 11) is 0. The van der Waals surface area contributed by atoms with Crippen LogP contribution in [0.15, 0.2) is 6.07 Å². The first kappa shape index (κ1) is 8.58. The van der Waals surface area contributed by atoms with E-state index in [1.807, 2.05) is 0 Å². The summed E-state index contributed by atoms with van der Waals surface area (Å²) in [5.41, 5.74) is 4.86. The van der Waals surface area contributed by atoms with Crippen molar-refractivity contribution in [3.05, 3.63) is 23.0 Å². The highest BCUT2D eigenvalue weighted by Crippen LogP contribution is 2.44. The predicted molar refractivity (Wildman–Crippen MR) is 58.8 cm³/mol. The van der Waals surface area contributed by atoms with Crippen LogP contribution in [0.2, 0.25) is 0 Å². The average molecular weight is 189 g/mol. The van der Waals surface area contributed by atoms with E-state index in [1.165, 1.54) is 37.8 Å². The molecule has 0 aromatic carbocycles. The molecule has 76 valence electrons. The highest BCUT2D eigenvalue weighted by Gasteiger charge is 2.32. The zero-order valence-electron chi connectivity index (χ0n) is 9.21. The Balaban J connectivity index is 2.18. The lowest BCUT2D eigenvalue weighted by atomic mass is 9.97. The van der Waals surface area contributed by atoms with Gasteiger partial charge in [0, 0.05) is 23.3 Å². The first-order valence-electron chi connectivity index (χ1n) is 5.98. The number of rotatable bonds is 0. The topological polar surface area (TPSA) is 4.93 Å². The zero-order valence-corrected chi connectivity index (χ0v) is 9.21. The van der Waals surface area contributed by atoms with E-state index in [9.17, 15) is 0 Å². The standard InChI is InChI=1S/C13H19N/c1-9-7-11-5-3-4-6-12-8-10(2)14(9)13(11)12/h7,10,12H,3-6,8H2,1-2H3/t10?,12-/m1/s1. The van der Waals surface area contributed by atoms with Crippen molar-refractivity contribution >= 4 is 0 Å². The van der Waals surface area contributed by atoms with E-state index in [4.69, 9.17) is 0 Å². The Labute approximate surface area is 86.1 Å². The molecule has 0 N–H and O–H groups in total. The number of nitrogens with zero attached hydrogens (tertiary/aromatic N) is 1. The molecule has 2 aliphatic rings. The maximum absolute atomic E-state index is 2.60. The van der Waals surface area contributed by atoms with E-state index in [0.29, 0.717) is 0 Å². The lowest BCUT2D eigenvalue weighted by molar-refractivity contribution is 0.515. The number of aromatic nitrogens is 1. The highest BCUT2D eigenvalue weighted by atomic mass is 15.1. The summed E-state index contributed by atoms with van der Waals surface area (Å²) in [4.78, 5) is 0. The molecule has 0 fully saturated rings. The smallest absolute Gasteiger partial charge is 0.0314 e. The van der Waals surface area contributed by atoms with Crippen molar-refractivity contribution in [1.29, 1.82) is 0 Å². The van der Waals surface area contributed by atoms with Gasteiger partial charge in [-0.1, -0.05) is 6.42 Å². The normalized spacial score (nSPS) is 30.1. The molecule has 3 rings (SSSR count).